The van der Waals surface area contributed by atoms with Gasteiger partial charge in [-0.3, -0.25) is 0 Å². The second-order valence-electron chi connectivity index (χ2n) is 4.84. The number of aliphatic hydroxyl groups excluding tert-OH is 8. The van der Waals surface area contributed by atoms with Crippen LogP contribution in [0.4, 0.5) is 0 Å². The Morgan fingerprint density at radius 3 is 2.05 bits per heavy atom. The van der Waals surface area contributed by atoms with E-state index in [0.29, 0.717) is 0 Å². The van der Waals surface area contributed by atoms with Crippen LogP contribution in [-0.4, -0.2) is 110 Å². The van der Waals surface area contributed by atoms with Gasteiger partial charge in [0.2, 0.25) is 0 Å². The second-order valence-corrected chi connectivity index (χ2v) is 4.84. The lowest BCUT2D eigenvalue weighted by atomic mass is 9.99. The molecule has 10 nitrogen and oxygen atoms in total. The van der Waals surface area contributed by atoms with Gasteiger partial charge in [0.25, 0.3) is 0 Å². The molecule has 8 atom stereocenters. The fraction of sp³-hybridized carbons (Fsp3) is 1.00. The van der Waals surface area contributed by atoms with Gasteiger partial charge in [-0.15, -0.1) is 0 Å². The molecule has 0 spiro atoms. The fourth-order valence-electron chi connectivity index (χ4n) is 1.86. The van der Waals surface area contributed by atoms with Gasteiger partial charge >= 0.3 is 0 Å². The standard InChI is InChI=1S/C11H22O10/c12-1-4(14)7(16)5(15)3-20-11-10(19)9(18)8(17)6(2-13)21-11/h4-19H,1-3H2/t4-,5+,6+,7-,8+,9-,10+,11-/m0/s1. The summed E-state index contributed by atoms with van der Waals surface area (Å²) in [4.78, 5) is 0. The summed E-state index contributed by atoms with van der Waals surface area (Å²) < 4.78 is 9.98. The smallest absolute Gasteiger partial charge is 0.186 e. The van der Waals surface area contributed by atoms with Crippen LogP contribution >= 0.6 is 0 Å². The third-order valence-electron chi connectivity index (χ3n) is 3.26. The van der Waals surface area contributed by atoms with Crippen LogP contribution in [0.2, 0.25) is 0 Å². The van der Waals surface area contributed by atoms with E-state index in [2.05, 4.69) is 0 Å². The molecule has 1 saturated heterocycles. The summed E-state index contributed by atoms with van der Waals surface area (Å²) in [5.41, 5.74) is 0. The zero-order valence-corrected chi connectivity index (χ0v) is 11.1. The van der Waals surface area contributed by atoms with Gasteiger partial charge in [-0.05, 0) is 0 Å². The molecular weight excluding hydrogens is 292 g/mol. The highest BCUT2D eigenvalue weighted by Gasteiger charge is 2.44. The predicted octanol–water partition coefficient (Wildman–Crippen LogP) is -5.12. The monoisotopic (exact) mass is 314 g/mol. The SMILES string of the molecule is OC[C@H](O)[C@H](O)[C@H](O)CO[C@H]1O[C@H](CO)[C@@H](O)[C@H](O)[C@H]1O. The topological polar surface area (TPSA) is 180 Å². The van der Waals surface area contributed by atoms with Crippen molar-refractivity contribution in [2.45, 2.75) is 49.0 Å². The van der Waals surface area contributed by atoms with Crippen molar-refractivity contribution in [1.29, 1.82) is 0 Å². The minimum absolute atomic E-state index is 0.582. The maximum atomic E-state index is 9.65. The highest BCUT2D eigenvalue weighted by Crippen LogP contribution is 2.22. The van der Waals surface area contributed by atoms with Crippen molar-refractivity contribution < 1.29 is 50.3 Å². The van der Waals surface area contributed by atoms with Crippen LogP contribution in [0.15, 0.2) is 0 Å². The van der Waals surface area contributed by atoms with Crippen molar-refractivity contribution in [2.24, 2.45) is 0 Å². The van der Waals surface area contributed by atoms with Gasteiger partial charge in [-0.1, -0.05) is 0 Å². The van der Waals surface area contributed by atoms with Gasteiger partial charge in [0.1, 0.15) is 42.7 Å². The molecule has 1 fully saturated rings. The van der Waals surface area contributed by atoms with Gasteiger partial charge in [0, 0.05) is 0 Å². The Morgan fingerprint density at radius 2 is 1.52 bits per heavy atom. The van der Waals surface area contributed by atoms with Crippen molar-refractivity contribution in [2.75, 3.05) is 19.8 Å². The lowest BCUT2D eigenvalue weighted by Crippen LogP contribution is -2.59. The maximum Gasteiger partial charge on any atom is 0.186 e. The molecule has 8 N–H and O–H groups in total. The summed E-state index contributed by atoms with van der Waals surface area (Å²) in [6.45, 7) is -1.97. The minimum atomic E-state index is -1.68. The largest absolute Gasteiger partial charge is 0.394 e. The minimum Gasteiger partial charge on any atom is -0.394 e. The van der Waals surface area contributed by atoms with Crippen molar-refractivity contribution in [1.82, 2.24) is 0 Å². The van der Waals surface area contributed by atoms with E-state index in [0.717, 1.165) is 0 Å². The second kappa shape index (κ2) is 8.29. The summed E-state index contributed by atoms with van der Waals surface area (Å²) in [6.07, 6.45) is -12.2. The first-order chi connectivity index (χ1) is 9.83. The molecule has 0 aromatic heterocycles. The first-order valence-electron chi connectivity index (χ1n) is 6.40. The Morgan fingerprint density at radius 1 is 0.905 bits per heavy atom. The number of ether oxygens (including phenoxy) is 2. The molecule has 1 aliphatic rings. The molecule has 0 bridgehead atoms. The third kappa shape index (κ3) is 4.53. The van der Waals surface area contributed by atoms with E-state index in [1.54, 1.807) is 0 Å². The van der Waals surface area contributed by atoms with Gasteiger partial charge in [-0.25, -0.2) is 0 Å². The molecule has 0 radical (unpaired) electrons. The number of hydrogen-bond acceptors (Lipinski definition) is 10. The van der Waals surface area contributed by atoms with Crippen LogP contribution in [0.3, 0.4) is 0 Å². The van der Waals surface area contributed by atoms with Gasteiger partial charge < -0.3 is 50.3 Å². The zero-order valence-electron chi connectivity index (χ0n) is 11.1. The molecule has 0 amide bonds. The third-order valence-corrected chi connectivity index (χ3v) is 3.26. The average Bonchev–Trinajstić information content (AvgIpc) is 2.50. The fourth-order valence-corrected chi connectivity index (χ4v) is 1.86. The molecule has 10 heteroatoms. The van der Waals surface area contributed by atoms with E-state index in [9.17, 15) is 25.5 Å². The van der Waals surface area contributed by atoms with E-state index in [1.807, 2.05) is 0 Å². The first-order valence-corrected chi connectivity index (χ1v) is 6.40. The average molecular weight is 314 g/mol. The molecule has 1 rings (SSSR count). The summed E-state index contributed by atoms with van der Waals surface area (Å²) in [5, 5.41) is 74.4. The van der Waals surface area contributed by atoms with E-state index < -0.39 is 68.8 Å². The summed E-state index contributed by atoms with van der Waals surface area (Å²) in [6, 6.07) is 0. The molecule has 1 heterocycles. The predicted molar refractivity (Wildman–Crippen MR) is 64.8 cm³/mol. The molecule has 21 heavy (non-hydrogen) atoms. The van der Waals surface area contributed by atoms with Gasteiger partial charge in [0.15, 0.2) is 6.29 Å². The van der Waals surface area contributed by atoms with Crippen molar-refractivity contribution in [3.05, 3.63) is 0 Å². The van der Waals surface area contributed by atoms with Crippen LogP contribution in [-0.2, 0) is 9.47 Å². The van der Waals surface area contributed by atoms with E-state index in [1.165, 1.54) is 0 Å². The highest BCUT2D eigenvalue weighted by molar-refractivity contribution is 4.89. The van der Waals surface area contributed by atoms with Crippen LogP contribution in [0.1, 0.15) is 0 Å². The Hall–Kier alpha value is -0.400. The van der Waals surface area contributed by atoms with Gasteiger partial charge in [-0.2, -0.15) is 0 Å². The van der Waals surface area contributed by atoms with E-state index >= 15 is 0 Å². The number of hydrogen-bond donors (Lipinski definition) is 8. The van der Waals surface area contributed by atoms with Crippen LogP contribution in [0, 0.1) is 0 Å². The number of rotatable bonds is 7. The van der Waals surface area contributed by atoms with Crippen LogP contribution < -0.4 is 0 Å². The molecular formula is C11H22O10. The zero-order chi connectivity index (χ0) is 16.2. The molecule has 126 valence electrons. The highest BCUT2D eigenvalue weighted by atomic mass is 16.7. The molecule has 0 aromatic carbocycles. The van der Waals surface area contributed by atoms with E-state index in [-0.39, 0.29) is 0 Å². The quantitative estimate of drug-likeness (QED) is 0.226. The molecule has 0 aliphatic carbocycles. The Labute approximate surface area is 120 Å². The molecule has 1 aliphatic heterocycles. The molecule has 0 aromatic rings. The number of aliphatic hydroxyl groups is 8. The van der Waals surface area contributed by atoms with Crippen LogP contribution in [0.25, 0.3) is 0 Å². The molecule has 0 saturated carbocycles. The normalized spacial score (nSPS) is 38.0. The summed E-state index contributed by atoms with van der Waals surface area (Å²) >= 11 is 0. The molecule has 0 unspecified atom stereocenters. The van der Waals surface area contributed by atoms with Crippen molar-refractivity contribution >= 4 is 0 Å². The van der Waals surface area contributed by atoms with Crippen molar-refractivity contribution in [3.8, 4) is 0 Å². The van der Waals surface area contributed by atoms with E-state index in [4.69, 9.17) is 24.8 Å². The van der Waals surface area contributed by atoms with Crippen LogP contribution in [0.5, 0.6) is 0 Å². The van der Waals surface area contributed by atoms with Crippen molar-refractivity contribution in [3.63, 3.8) is 0 Å². The first kappa shape index (κ1) is 18.6. The Bertz CT molecular complexity index is 301. The lowest BCUT2D eigenvalue weighted by Gasteiger charge is -2.40. The summed E-state index contributed by atoms with van der Waals surface area (Å²) in [5.74, 6) is 0. The van der Waals surface area contributed by atoms with Gasteiger partial charge in [0.05, 0.1) is 19.8 Å². The lowest BCUT2D eigenvalue weighted by molar-refractivity contribution is -0.306. The summed E-state index contributed by atoms with van der Waals surface area (Å²) in [7, 11) is 0. The Balaban J connectivity index is 2.53. The maximum absolute atomic E-state index is 9.65. The Kier molecular flexibility index (Phi) is 7.36.